The van der Waals surface area contributed by atoms with Gasteiger partial charge in [0.15, 0.2) is 6.10 Å². The second kappa shape index (κ2) is 7.56. The van der Waals surface area contributed by atoms with Crippen molar-refractivity contribution in [2.75, 3.05) is 0 Å². The Labute approximate surface area is 114 Å². The van der Waals surface area contributed by atoms with Crippen LogP contribution in [-0.2, 0) is 16.0 Å². The lowest BCUT2D eigenvalue weighted by atomic mass is 10.1. The number of carbonyl (C=O) groups is 2. The summed E-state index contributed by atoms with van der Waals surface area (Å²) in [7, 11) is 0. The van der Waals surface area contributed by atoms with E-state index in [0.717, 1.165) is 6.42 Å². The van der Waals surface area contributed by atoms with E-state index in [1.165, 1.54) is 5.56 Å². The Morgan fingerprint density at radius 1 is 1.21 bits per heavy atom. The number of ether oxygens (including phenoxy) is 1. The highest BCUT2D eigenvalue weighted by Gasteiger charge is 2.27. The molecule has 0 aliphatic carbocycles. The van der Waals surface area contributed by atoms with E-state index in [2.05, 4.69) is 12.2 Å². The largest absolute Gasteiger partial charge is 0.481 e. The van der Waals surface area contributed by atoms with E-state index in [1.54, 1.807) is 0 Å². The molecule has 104 valence electrons. The molecule has 2 rings (SSSR count). The van der Waals surface area contributed by atoms with Gasteiger partial charge in [0.2, 0.25) is 5.91 Å². The molecule has 1 saturated heterocycles. The van der Waals surface area contributed by atoms with Crippen molar-refractivity contribution in [2.45, 2.75) is 46.1 Å². The lowest BCUT2D eigenvalue weighted by Gasteiger charge is -2.21. The number of hydrogen-bond donors (Lipinski definition) is 1. The molecule has 4 nitrogen and oxygen atoms in total. The Morgan fingerprint density at radius 2 is 1.84 bits per heavy atom. The number of rotatable bonds is 3. The molecule has 4 heteroatoms. The molecule has 1 heterocycles. The van der Waals surface area contributed by atoms with Gasteiger partial charge in [-0.05, 0) is 24.1 Å². The molecule has 0 aromatic heterocycles. The number of carbonyl (C=O) groups excluding carboxylic acids is 2. The highest BCUT2D eigenvalue weighted by Crippen LogP contribution is 2.17. The third-order valence-corrected chi connectivity index (χ3v) is 2.80. The van der Waals surface area contributed by atoms with Crippen molar-refractivity contribution in [3.05, 3.63) is 29.8 Å². The van der Waals surface area contributed by atoms with E-state index in [1.807, 2.05) is 38.1 Å². The molecule has 0 saturated carbocycles. The lowest BCUT2D eigenvalue weighted by molar-refractivity contribution is -0.138. The summed E-state index contributed by atoms with van der Waals surface area (Å²) in [6.07, 6.45) is 1.20. The fourth-order valence-corrected chi connectivity index (χ4v) is 1.75. The normalized spacial score (nSPS) is 18.2. The lowest BCUT2D eigenvalue weighted by Crippen LogP contribution is -2.46. The van der Waals surface area contributed by atoms with Gasteiger partial charge in [-0.2, -0.15) is 0 Å². The first-order chi connectivity index (χ1) is 9.19. The number of aryl methyl sites for hydroxylation is 1. The zero-order chi connectivity index (χ0) is 14.3. The molecule has 0 spiro atoms. The summed E-state index contributed by atoms with van der Waals surface area (Å²) in [5.74, 6) is 0.0914. The van der Waals surface area contributed by atoms with Gasteiger partial charge in [-0.1, -0.05) is 32.9 Å². The van der Waals surface area contributed by atoms with Crippen LogP contribution in [0.1, 0.15) is 39.2 Å². The van der Waals surface area contributed by atoms with E-state index in [0.29, 0.717) is 18.6 Å². The molecular weight excluding hydrogens is 242 g/mol. The van der Waals surface area contributed by atoms with Crippen LogP contribution in [0.15, 0.2) is 24.3 Å². The van der Waals surface area contributed by atoms with Crippen molar-refractivity contribution in [3.63, 3.8) is 0 Å². The second-order valence-corrected chi connectivity index (χ2v) is 4.06. The maximum atomic E-state index is 11.5. The minimum Gasteiger partial charge on any atom is -0.481 e. The van der Waals surface area contributed by atoms with Crippen LogP contribution >= 0.6 is 0 Å². The second-order valence-electron chi connectivity index (χ2n) is 4.06. The van der Waals surface area contributed by atoms with E-state index < -0.39 is 6.10 Å². The summed E-state index contributed by atoms with van der Waals surface area (Å²) in [5.41, 5.74) is 1.22. The minimum atomic E-state index is -0.555. The molecule has 2 amide bonds. The van der Waals surface area contributed by atoms with Crippen LogP contribution in [0, 0.1) is 0 Å². The first-order valence-corrected chi connectivity index (χ1v) is 6.78. The molecule has 0 bridgehead atoms. The minimum absolute atomic E-state index is 0.226. The fourth-order valence-electron chi connectivity index (χ4n) is 1.75. The summed E-state index contributed by atoms with van der Waals surface area (Å²) in [4.78, 5) is 22.4. The number of imide groups is 1. The predicted octanol–water partition coefficient (Wildman–Crippen LogP) is 2.46. The van der Waals surface area contributed by atoms with Crippen LogP contribution in [0.4, 0.5) is 0 Å². The van der Waals surface area contributed by atoms with Crippen LogP contribution in [0.25, 0.3) is 0 Å². The molecule has 1 aliphatic rings. The molecule has 1 aromatic carbocycles. The van der Waals surface area contributed by atoms with E-state index in [4.69, 9.17) is 4.74 Å². The Balaban J connectivity index is 0.000000861. The molecule has 1 aliphatic heterocycles. The summed E-state index contributed by atoms with van der Waals surface area (Å²) in [5, 5.41) is 2.27. The van der Waals surface area contributed by atoms with Crippen molar-refractivity contribution in [1.82, 2.24) is 5.32 Å². The topological polar surface area (TPSA) is 55.4 Å². The number of amides is 2. The average Bonchev–Trinajstić information content (AvgIpc) is 2.45. The molecule has 1 N–H and O–H groups in total. The number of piperidine rings is 1. The van der Waals surface area contributed by atoms with E-state index in [-0.39, 0.29) is 11.8 Å². The average molecular weight is 263 g/mol. The van der Waals surface area contributed by atoms with Gasteiger partial charge in [-0.15, -0.1) is 0 Å². The summed E-state index contributed by atoms with van der Waals surface area (Å²) in [6, 6.07) is 7.65. The highest BCUT2D eigenvalue weighted by atomic mass is 16.5. The van der Waals surface area contributed by atoms with Crippen LogP contribution < -0.4 is 10.1 Å². The third-order valence-electron chi connectivity index (χ3n) is 2.80. The van der Waals surface area contributed by atoms with E-state index >= 15 is 0 Å². The Hall–Kier alpha value is -1.84. The Bertz CT molecular complexity index is 426. The Morgan fingerprint density at radius 3 is 2.37 bits per heavy atom. The van der Waals surface area contributed by atoms with Crippen molar-refractivity contribution in [2.24, 2.45) is 0 Å². The molecule has 1 fully saturated rings. The summed E-state index contributed by atoms with van der Waals surface area (Å²) < 4.78 is 5.55. The van der Waals surface area contributed by atoms with Gasteiger partial charge in [0.1, 0.15) is 5.75 Å². The van der Waals surface area contributed by atoms with Gasteiger partial charge in [0, 0.05) is 12.8 Å². The van der Waals surface area contributed by atoms with Gasteiger partial charge in [-0.25, -0.2) is 0 Å². The first kappa shape index (κ1) is 15.2. The molecule has 0 radical (unpaired) electrons. The predicted molar refractivity (Wildman–Crippen MR) is 74.0 cm³/mol. The summed E-state index contributed by atoms with van der Waals surface area (Å²) in [6.45, 7) is 6.08. The molecule has 1 atom stereocenters. The van der Waals surface area contributed by atoms with Crippen LogP contribution in [0.3, 0.4) is 0 Å². The molecular formula is C15H21NO3. The zero-order valence-electron chi connectivity index (χ0n) is 11.7. The van der Waals surface area contributed by atoms with Gasteiger partial charge in [0.05, 0.1) is 0 Å². The number of nitrogens with one attached hydrogen (secondary N) is 1. The SMILES string of the molecule is CC.CCc1ccc(OC2CCC(=O)NC2=O)cc1. The summed E-state index contributed by atoms with van der Waals surface area (Å²) >= 11 is 0. The zero-order valence-corrected chi connectivity index (χ0v) is 11.7. The fraction of sp³-hybridized carbons (Fsp3) is 0.467. The van der Waals surface area contributed by atoms with Crippen molar-refractivity contribution < 1.29 is 14.3 Å². The number of hydrogen-bond acceptors (Lipinski definition) is 3. The molecule has 19 heavy (non-hydrogen) atoms. The van der Waals surface area contributed by atoms with Crippen molar-refractivity contribution in [1.29, 1.82) is 0 Å². The van der Waals surface area contributed by atoms with Gasteiger partial charge >= 0.3 is 0 Å². The quantitative estimate of drug-likeness (QED) is 0.852. The first-order valence-electron chi connectivity index (χ1n) is 6.78. The molecule has 1 unspecified atom stereocenters. The Kier molecular flexibility index (Phi) is 6.06. The van der Waals surface area contributed by atoms with Gasteiger partial charge in [0.25, 0.3) is 5.91 Å². The maximum Gasteiger partial charge on any atom is 0.267 e. The van der Waals surface area contributed by atoms with Gasteiger partial charge < -0.3 is 4.74 Å². The standard InChI is InChI=1S/C13H15NO3.C2H6/c1-2-9-3-5-10(6-4-9)17-11-7-8-12(15)14-13(11)16;1-2/h3-6,11H,2,7-8H2,1H3,(H,14,15,16);1-2H3. The highest BCUT2D eigenvalue weighted by molar-refractivity contribution is 5.99. The van der Waals surface area contributed by atoms with Crippen molar-refractivity contribution in [3.8, 4) is 5.75 Å². The van der Waals surface area contributed by atoms with Crippen LogP contribution in [0.2, 0.25) is 0 Å². The molecule has 1 aromatic rings. The van der Waals surface area contributed by atoms with Crippen LogP contribution in [-0.4, -0.2) is 17.9 Å². The van der Waals surface area contributed by atoms with E-state index in [9.17, 15) is 9.59 Å². The number of benzene rings is 1. The van der Waals surface area contributed by atoms with Crippen molar-refractivity contribution >= 4 is 11.8 Å². The smallest absolute Gasteiger partial charge is 0.267 e. The van der Waals surface area contributed by atoms with Gasteiger partial charge in [-0.3, -0.25) is 14.9 Å². The third kappa shape index (κ3) is 4.39. The maximum absolute atomic E-state index is 11.5. The monoisotopic (exact) mass is 263 g/mol. The van der Waals surface area contributed by atoms with Crippen LogP contribution in [0.5, 0.6) is 5.75 Å².